The minimum absolute atomic E-state index is 0.187. The number of carbonyl (C=O) groups excluding carboxylic acids is 1. The second kappa shape index (κ2) is 9.09. The maximum Gasteiger partial charge on any atom is 0.341 e. The number of carbonyl (C=O) groups is 1. The van der Waals surface area contributed by atoms with E-state index >= 15 is 0 Å². The van der Waals surface area contributed by atoms with E-state index in [1.807, 2.05) is 31.2 Å². The fraction of sp³-hybridized carbons (Fsp3) is 0.565. The van der Waals surface area contributed by atoms with Crippen LogP contribution >= 0.6 is 0 Å². The fourth-order valence-electron chi connectivity index (χ4n) is 4.76. The molecule has 2 heterocycles. The minimum atomic E-state index is -0.337. The number of fused-ring (bicyclic) bond motifs is 1. The number of pyridine rings is 1. The lowest BCUT2D eigenvalue weighted by Crippen LogP contribution is -2.50. The molecule has 6 nitrogen and oxygen atoms in total. The van der Waals surface area contributed by atoms with E-state index in [0.717, 1.165) is 61.8 Å². The molecule has 1 aliphatic heterocycles. The second-order valence-electron chi connectivity index (χ2n) is 8.16. The molecular weight excluding hydrogens is 366 g/mol. The Kier molecular flexibility index (Phi) is 6.31. The maximum absolute atomic E-state index is 12.5. The van der Waals surface area contributed by atoms with Crippen LogP contribution in [0.1, 0.15) is 55.8 Å². The number of aliphatic hydroxyl groups is 1. The van der Waals surface area contributed by atoms with Crippen LogP contribution in [-0.2, 0) is 4.74 Å². The van der Waals surface area contributed by atoms with Crippen LogP contribution in [0.25, 0.3) is 10.9 Å². The van der Waals surface area contributed by atoms with Gasteiger partial charge in [0, 0.05) is 36.8 Å². The van der Waals surface area contributed by atoms with E-state index in [2.05, 4.69) is 15.2 Å². The average Bonchev–Trinajstić information content (AvgIpc) is 2.75. The Hall–Kier alpha value is -2.18. The van der Waals surface area contributed by atoms with Crippen molar-refractivity contribution in [3.8, 4) is 0 Å². The lowest BCUT2D eigenvalue weighted by molar-refractivity contribution is 0.00993. The number of esters is 1. The van der Waals surface area contributed by atoms with Crippen LogP contribution in [0.2, 0.25) is 0 Å². The summed E-state index contributed by atoms with van der Waals surface area (Å²) in [6.07, 6.45) is 7.79. The van der Waals surface area contributed by atoms with E-state index in [-0.39, 0.29) is 18.1 Å². The Morgan fingerprint density at radius 2 is 1.97 bits per heavy atom. The van der Waals surface area contributed by atoms with Crippen molar-refractivity contribution in [2.45, 2.75) is 63.6 Å². The number of para-hydroxylation sites is 1. The van der Waals surface area contributed by atoms with Gasteiger partial charge in [0.25, 0.3) is 0 Å². The highest BCUT2D eigenvalue weighted by Crippen LogP contribution is 2.30. The highest BCUT2D eigenvalue weighted by Gasteiger charge is 2.32. The predicted molar refractivity (Wildman–Crippen MR) is 114 cm³/mol. The lowest BCUT2D eigenvalue weighted by atomic mass is 9.89. The number of anilines is 1. The third-order valence-electron chi connectivity index (χ3n) is 6.31. The highest BCUT2D eigenvalue weighted by atomic mass is 16.5. The number of hydrogen-bond acceptors (Lipinski definition) is 6. The van der Waals surface area contributed by atoms with Gasteiger partial charge in [-0.1, -0.05) is 31.0 Å². The first-order valence-electron chi connectivity index (χ1n) is 10.9. The number of benzene rings is 1. The second-order valence-corrected chi connectivity index (χ2v) is 8.16. The molecular formula is C23H31N3O3. The number of piperidine rings is 1. The largest absolute Gasteiger partial charge is 0.462 e. The number of likely N-dealkylation sites (tertiary alicyclic amines) is 1. The third-order valence-corrected chi connectivity index (χ3v) is 6.31. The molecule has 2 aliphatic rings. The van der Waals surface area contributed by atoms with Crippen LogP contribution in [0.4, 0.5) is 5.69 Å². The van der Waals surface area contributed by atoms with Gasteiger partial charge in [-0.05, 0) is 38.7 Å². The number of aromatic nitrogens is 1. The molecule has 1 saturated carbocycles. The van der Waals surface area contributed by atoms with E-state index in [0.29, 0.717) is 18.2 Å². The van der Waals surface area contributed by atoms with Crippen LogP contribution in [0.15, 0.2) is 30.5 Å². The minimum Gasteiger partial charge on any atom is -0.462 e. The molecule has 1 aromatic heterocycles. The summed E-state index contributed by atoms with van der Waals surface area (Å²) in [5, 5.41) is 15.0. The first-order valence-corrected chi connectivity index (χ1v) is 10.9. The molecule has 1 saturated heterocycles. The molecule has 29 heavy (non-hydrogen) atoms. The van der Waals surface area contributed by atoms with Crippen molar-refractivity contribution in [1.29, 1.82) is 0 Å². The Balaban J connectivity index is 1.50. The van der Waals surface area contributed by atoms with Gasteiger partial charge in [0.15, 0.2) is 0 Å². The molecule has 4 rings (SSSR count). The van der Waals surface area contributed by atoms with Crippen LogP contribution in [0, 0.1) is 0 Å². The molecule has 156 valence electrons. The summed E-state index contributed by atoms with van der Waals surface area (Å²) in [6.45, 7) is 4.09. The van der Waals surface area contributed by atoms with Crippen molar-refractivity contribution >= 4 is 22.6 Å². The summed E-state index contributed by atoms with van der Waals surface area (Å²) in [7, 11) is 0. The average molecular weight is 398 g/mol. The summed E-state index contributed by atoms with van der Waals surface area (Å²) in [5.74, 6) is -0.337. The van der Waals surface area contributed by atoms with Gasteiger partial charge in [0.2, 0.25) is 0 Å². The summed E-state index contributed by atoms with van der Waals surface area (Å²) in [4.78, 5) is 19.4. The fourth-order valence-corrected chi connectivity index (χ4v) is 4.76. The molecule has 6 heteroatoms. The summed E-state index contributed by atoms with van der Waals surface area (Å²) in [5.41, 5.74) is 2.19. The van der Waals surface area contributed by atoms with Crippen LogP contribution in [0.3, 0.4) is 0 Å². The van der Waals surface area contributed by atoms with Crippen LogP contribution in [-0.4, -0.2) is 58.8 Å². The normalized spacial score (nSPS) is 23.8. The molecule has 2 atom stereocenters. The molecule has 1 aliphatic carbocycles. The number of nitrogens with one attached hydrogen (secondary N) is 1. The monoisotopic (exact) mass is 397 g/mol. The topological polar surface area (TPSA) is 74.7 Å². The van der Waals surface area contributed by atoms with Crippen molar-refractivity contribution in [3.63, 3.8) is 0 Å². The Bertz CT molecular complexity index is 848. The summed E-state index contributed by atoms with van der Waals surface area (Å²) in [6, 6.07) is 8.48. The Labute approximate surface area is 172 Å². The van der Waals surface area contributed by atoms with E-state index < -0.39 is 0 Å². The van der Waals surface area contributed by atoms with Crippen molar-refractivity contribution in [2.75, 3.05) is 25.0 Å². The Morgan fingerprint density at radius 1 is 1.21 bits per heavy atom. The van der Waals surface area contributed by atoms with Gasteiger partial charge in [-0.2, -0.15) is 0 Å². The van der Waals surface area contributed by atoms with Gasteiger partial charge < -0.3 is 15.2 Å². The molecule has 2 unspecified atom stereocenters. The number of aliphatic hydroxyl groups excluding tert-OH is 1. The van der Waals surface area contributed by atoms with Gasteiger partial charge in [-0.15, -0.1) is 0 Å². The summed E-state index contributed by atoms with van der Waals surface area (Å²) < 4.78 is 5.26. The predicted octanol–water partition coefficient (Wildman–Crippen LogP) is 3.59. The number of ether oxygens (including phenoxy) is 1. The molecule has 0 amide bonds. The van der Waals surface area contributed by atoms with E-state index in [9.17, 15) is 9.90 Å². The first kappa shape index (κ1) is 20.1. The quantitative estimate of drug-likeness (QED) is 0.751. The van der Waals surface area contributed by atoms with Crippen molar-refractivity contribution < 1.29 is 14.6 Å². The molecule has 0 spiro atoms. The first-order chi connectivity index (χ1) is 14.2. The third kappa shape index (κ3) is 4.38. The van der Waals surface area contributed by atoms with Gasteiger partial charge in [0.1, 0.15) is 5.56 Å². The maximum atomic E-state index is 12.5. The van der Waals surface area contributed by atoms with Gasteiger partial charge in [-0.3, -0.25) is 9.88 Å². The van der Waals surface area contributed by atoms with Gasteiger partial charge >= 0.3 is 5.97 Å². The zero-order chi connectivity index (χ0) is 20.2. The SMILES string of the molecule is CCOC(=O)c1cnc2ccccc2c1NC1CCN(C2CCCCC2O)CC1. The van der Waals surface area contributed by atoms with Crippen molar-refractivity contribution in [1.82, 2.24) is 9.88 Å². The van der Waals surface area contributed by atoms with Crippen LogP contribution < -0.4 is 5.32 Å². The standard InChI is InChI=1S/C23H31N3O3/c1-2-29-23(28)18-15-24-19-8-4-3-7-17(19)22(18)25-16-11-13-26(14-12-16)20-9-5-6-10-21(20)27/h3-4,7-8,15-16,20-21,27H,2,5-6,9-14H2,1H3,(H,24,25). The molecule has 1 aromatic carbocycles. The molecule has 2 N–H and O–H groups in total. The Morgan fingerprint density at radius 3 is 2.72 bits per heavy atom. The van der Waals surface area contributed by atoms with E-state index in [4.69, 9.17) is 4.74 Å². The summed E-state index contributed by atoms with van der Waals surface area (Å²) >= 11 is 0. The van der Waals surface area contributed by atoms with E-state index in [1.54, 1.807) is 6.20 Å². The zero-order valence-electron chi connectivity index (χ0n) is 17.1. The molecule has 2 aromatic rings. The number of nitrogens with zero attached hydrogens (tertiary/aromatic N) is 2. The van der Waals surface area contributed by atoms with Gasteiger partial charge in [-0.25, -0.2) is 4.79 Å². The number of hydrogen-bond donors (Lipinski definition) is 2. The zero-order valence-corrected chi connectivity index (χ0v) is 17.1. The highest BCUT2D eigenvalue weighted by molar-refractivity contribution is 6.04. The van der Waals surface area contributed by atoms with Crippen molar-refractivity contribution in [2.24, 2.45) is 0 Å². The van der Waals surface area contributed by atoms with Crippen LogP contribution in [0.5, 0.6) is 0 Å². The number of rotatable bonds is 5. The van der Waals surface area contributed by atoms with Gasteiger partial charge in [0.05, 0.1) is 23.9 Å². The van der Waals surface area contributed by atoms with E-state index in [1.165, 1.54) is 6.42 Å². The van der Waals surface area contributed by atoms with Crippen molar-refractivity contribution in [3.05, 3.63) is 36.0 Å². The molecule has 2 fully saturated rings. The molecule has 0 bridgehead atoms. The lowest BCUT2D eigenvalue weighted by Gasteiger charge is -2.42. The molecule has 0 radical (unpaired) electrons. The smallest absolute Gasteiger partial charge is 0.341 e.